The van der Waals surface area contributed by atoms with Crippen LogP contribution in [0.15, 0.2) is 48.5 Å². The number of benzene rings is 2. The number of nitrogens with zero attached hydrogens (tertiary/aromatic N) is 6. The van der Waals surface area contributed by atoms with Gasteiger partial charge in [-0.2, -0.15) is 4.98 Å². The predicted octanol–water partition coefficient (Wildman–Crippen LogP) is 2.27. The van der Waals surface area contributed by atoms with Gasteiger partial charge in [-0.15, -0.1) is 10.2 Å². The zero-order chi connectivity index (χ0) is 26.1. The van der Waals surface area contributed by atoms with Crippen LogP contribution in [0.1, 0.15) is 34.5 Å². The van der Waals surface area contributed by atoms with Crippen LogP contribution in [0.2, 0.25) is 0 Å². The molecule has 11 heteroatoms. The van der Waals surface area contributed by atoms with Gasteiger partial charge >= 0.3 is 6.03 Å². The molecule has 2 saturated heterocycles. The number of piperidine rings is 1. The lowest BCUT2D eigenvalue weighted by atomic mass is 10.0. The molecular formula is C27H31N9O2. The van der Waals surface area contributed by atoms with E-state index in [-0.39, 0.29) is 23.6 Å². The van der Waals surface area contributed by atoms with Crippen LogP contribution in [0, 0.1) is 0 Å². The van der Waals surface area contributed by atoms with Crippen LogP contribution in [-0.4, -0.2) is 70.8 Å². The number of carbonyl (C=O) groups is 2. The molecule has 6 rings (SSSR count). The average Bonchev–Trinajstić information content (AvgIpc) is 3.34. The van der Waals surface area contributed by atoms with Crippen molar-refractivity contribution in [3.05, 3.63) is 65.4 Å². The van der Waals surface area contributed by atoms with Crippen molar-refractivity contribution in [1.29, 1.82) is 0 Å². The SMILES string of the molecule is NC(=O)c1nnc(N2CCCC(N3CCN(c4ccccc4)C3=O)C2)nc1Nc1ccc2c(c1)CCNC2. The normalized spacial score (nSPS) is 19.4. The summed E-state index contributed by atoms with van der Waals surface area (Å²) in [7, 11) is 0. The molecule has 4 N–H and O–H groups in total. The van der Waals surface area contributed by atoms with Crippen LogP contribution >= 0.6 is 0 Å². The molecule has 0 spiro atoms. The first-order chi connectivity index (χ1) is 18.6. The van der Waals surface area contributed by atoms with Crippen LogP contribution in [0.5, 0.6) is 0 Å². The summed E-state index contributed by atoms with van der Waals surface area (Å²) in [5, 5.41) is 15.0. The summed E-state index contributed by atoms with van der Waals surface area (Å²) in [5.41, 5.74) is 9.85. The van der Waals surface area contributed by atoms with E-state index < -0.39 is 5.91 Å². The quantitative estimate of drug-likeness (QED) is 0.457. The van der Waals surface area contributed by atoms with Crippen molar-refractivity contribution in [1.82, 2.24) is 25.4 Å². The molecule has 1 atom stereocenters. The van der Waals surface area contributed by atoms with Crippen LogP contribution in [0.3, 0.4) is 0 Å². The third-order valence-corrected chi connectivity index (χ3v) is 7.49. The number of rotatable bonds is 6. The van der Waals surface area contributed by atoms with Gasteiger partial charge in [-0.25, -0.2) is 4.79 Å². The minimum absolute atomic E-state index is 0.00470. The molecule has 11 nitrogen and oxygen atoms in total. The monoisotopic (exact) mass is 513 g/mol. The average molecular weight is 514 g/mol. The van der Waals surface area contributed by atoms with Gasteiger partial charge in [-0.3, -0.25) is 9.69 Å². The van der Waals surface area contributed by atoms with Crippen LogP contribution in [-0.2, 0) is 13.0 Å². The van der Waals surface area contributed by atoms with Crippen LogP contribution < -0.4 is 26.2 Å². The standard InChI is InChI=1S/C27H31N9O2/c28-24(37)23-25(30-20-9-8-19-16-29-11-10-18(19)15-20)31-26(33-32-23)34-12-4-7-22(17-34)36-14-13-35(27(36)38)21-5-2-1-3-6-21/h1-3,5-6,8-9,15,22,29H,4,7,10-14,16-17H2,(H2,28,37)(H,30,31,33). The number of urea groups is 1. The van der Waals surface area contributed by atoms with E-state index in [4.69, 9.17) is 5.73 Å². The molecule has 1 unspecified atom stereocenters. The van der Waals surface area contributed by atoms with E-state index >= 15 is 0 Å². The van der Waals surface area contributed by atoms with Crippen molar-refractivity contribution in [2.45, 2.75) is 31.8 Å². The summed E-state index contributed by atoms with van der Waals surface area (Å²) in [6.45, 7) is 4.45. The second-order valence-corrected chi connectivity index (χ2v) is 9.91. The van der Waals surface area contributed by atoms with Gasteiger partial charge in [-0.1, -0.05) is 24.3 Å². The summed E-state index contributed by atoms with van der Waals surface area (Å²) in [6, 6.07) is 15.9. The van der Waals surface area contributed by atoms with Gasteiger partial charge in [0, 0.05) is 44.1 Å². The first kappa shape index (κ1) is 24.1. The Morgan fingerprint density at radius 3 is 2.76 bits per heavy atom. The maximum atomic E-state index is 13.3. The highest BCUT2D eigenvalue weighted by Crippen LogP contribution is 2.28. The van der Waals surface area contributed by atoms with E-state index in [1.807, 2.05) is 51.1 Å². The number of primary amides is 1. The molecule has 0 saturated carbocycles. The van der Waals surface area contributed by atoms with Gasteiger partial charge in [0.2, 0.25) is 5.95 Å². The van der Waals surface area contributed by atoms with Crippen molar-refractivity contribution in [2.75, 3.05) is 47.8 Å². The van der Waals surface area contributed by atoms with Gasteiger partial charge in [0.1, 0.15) is 0 Å². The van der Waals surface area contributed by atoms with Crippen molar-refractivity contribution < 1.29 is 9.59 Å². The molecule has 4 heterocycles. The molecule has 2 aromatic carbocycles. The number of hydrogen-bond acceptors (Lipinski definition) is 8. The molecule has 196 valence electrons. The first-order valence-corrected chi connectivity index (χ1v) is 13.1. The number of carbonyl (C=O) groups excluding carboxylic acids is 2. The zero-order valence-electron chi connectivity index (χ0n) is 21.1. The minimum atomic E-state index is -0.693. The lowest BCUT2D eigenvalue weighted by Crippen LogP contribution is -2.50. The van der Waals surface area contributed by atoms with E-state index in [1.54, 1.807) is 0 Å². The van der Waals surface area contributed by atoms with E-state index in [0.29, 0.717) is 25.6 Å². The second kappa shape index (κ2) is 10.3. The number of nitrogens with one attached hydrogen (secondary N) is 2. The zero-order valence-corrected chi connectivity index (χ0v) is 21.1. The van der Waals surface area contributed by atoms with Crippen LogP contribution in [0.4, 0.5) is 27.9 Å². The van der Waals surface area contributed by atoms with Crippen molar-refractivity contribution in [3.63, 3.8) is 0 Å². The molecule has 0 radical (unpaired) electrons. The van der Waals surface area contributed by atoms with E-state index in [0.717, 1.165) is 50.3 Å². The highest BCUT2D eigenvalue weighted by atomic mass is 16.2. The molecule has 0 bridgehead atoms. The maximum absolute atomic E-state index is 13.3. The number of aromatic nitrogens is 3. The topological polar surface area (TPSA) is 133 Å². The number of para-hydroxylation sites is 1. The van der Waals surface area contributed by atoms with Gasteiger partial charge in [-0.05, 0) is 61.2 Å². The summed E-state index contributed by atoms with van der Waals surface area (Å²) >= 11 is 0. The highest BCUT2D eigenvalue weighted by molar-refractivity contribution is 5.96. The summed E-state index contributed by atoms with van der Waals surface area (Å²) in [6.07, 6.45) is 2.74. The van der Waals surface area contributed by atoms with Crippen LogP contribution in [0.25, 0.3) is 0 Å². The Hall–Kier alpha value is -4.25. The second-order valence-electron chi connectivity index (χ2n) is 9.91. The fraction of sp³-hybridized carbons (Fsp3) is 0.370. The molecular weight excluding hydrogens is 482 g/mol. The Bertz CT molecular complexity index is 1350. The summed E-state index contributed by atoms with van der Waals surface area (Å²) in [5.74, 6) is 0.00308. The fourth-order valence-electron chi connectivity index (χ4n) is 5.53. The highest BCUT2D eigenvalue weighted by Gasteiger charge is 2.37. The van der Waals surface area contributed by atoms with Crippen molar-refractivity contribution in [3.8, 4) is 0 Å². The number of hydrogen-bond donors (Lipinski definition) is 3. The molecule has 2 fully saturated rings. The van der Waals surface area contributed by atoms with Crippen molar-refractivity contribution in [2.24, 2.45) is 5.73 Å². The molecule has 3 amide bonds. The number of fused-ring (bicyclic) bond motifs is 1. The molecule has 3 aromatic rings. The fourth-order valence-corrected chi connectivity index (χ4v) is 5.53. The minimum Gasteiger partial charge on any atom is -0.364 e. The first-order valence-electron chi connectivity index (χ1n) is 13.1. The Labute approximate surface area is 221 Å². The lowest BCUT2D eigenvalue weighted by molar-refractivity contribution is 0.0995. The Morgan fingerprint density at radius 1 is 1.05 bits per heavy atom. The molecule has 1 aromatic heterocycles. The van der Waals surface area contributed by atoms with Gasteiger partial charge < -0.3 is 26.2 Å². The lowest BCUT2D eigenvalue weighted by Gasteiger charge is -2.37. The number of nitrogens with two attached hydrogens (primary N) is 1. The van der Waals surface area contributed by atoms with Gasteiger partial charge in [0.15, 0.2) is 11.5 Å². The number of amides is 3. The Morgan fingerprint density at radius 2 is 1.92 bits per heavy atom. The third kappa shape index (κ3) is 4.72. The van der Waals surface area contributed by atoms with E-state index in [9.17, 15) is 9.59 Å². The van der Waals surface area contributed by atoms with E-state index in [2.05, 4.69) is 37.9 Å². The van der Waals surface area contributed by atoms with Crippen molar-refractivity contribution >= 4 is 35.1 Å². The smallest absolute Gasteiger partial charge is 0.324 e. The maximum Gasteiger partial charge on any atom is 0.324 e. The Balaban J connectivity index is 1.21. The predicted molar refractivity (Wildman–Crippen MR) is 145 cm³/mol. The Kier molecular flexibility index (Phi) is 6.50. The number of anilines is 4. The third-order valence-electron chi connectivity index (χ3n) is 7.49. The molecule has 3 aliphatic rings. The summed E-state index contributed by atoms with van der Waals surface area (Å²) in [4.78, 5) is 35.9. The molecule has 3 aliphatic heterocycles. The van der Waals surface area contributed by atoms with Gasteiger partial charge in [0.05, 0.1) is 6.04 Å². The molecule has 0 aliphatic carbocycles. The molecule has 38 heavy (non-hydrogen) atoms. The van der Waals surface area contributed by atoms with Gasteiger partial charge in [0.25, 0.3) is 5.91 Å². The largest absolute Gasteiger partial charge is 0.364 e. The summed E-state index contributed by atoms with van der Waals surface area (Å²) < 4.78 is 0. The van der Waals surface area contributed by atoms with E-state index in [1.165, 1.54) is 11.1 Å².